The van der Waals surface area contributed by atoms with E-state index in [-0.39, 0.29) is 46.6 Å². The Labute approximate surface area is 208 Å². The van der Waals surface area contributed by atoms with Crippen LogP contribution in [0, 0.1) is 5.92 Å². The molecule has 0 spiro atoms. The molecule has 3 aliphatic rings. The van der Waals surface area contributed by atoms with Crippen molar-refractivity contribution < 1.29 is 36.9 Å². The highest BCUT2D eigenvalue weighted by Crippen LogP contribution is 2.47. The molecule has 1 saturated heterocycles. The minimum Gasteiger partial charge on any atom is -0.479 e. The van der Waals surface area contributed by atoms with E-state index in [9.17, 15) is 18.0 Å². The van der Waals surface area contributed by atoms with Gasteiger partial charge in [-0.1, -0.05) is 11.6 Å². The number of halogens is 4. The van der Waals surface area contributed by atoms with Gasteiger partial charge in [-0.2, -0.15) is 8.78 Å². The van der Waals surface area contributed by atoms with Crippen molar-refractivity contribution >= 4 is 29.2 Å². The van der Waals surface area contributed by atoms with E-state index in [4.69, 9.17) is 31.5 Å². The Bertz CT molecular complexity index is 1230. The van der Waals surface area contributed by atoms with Crippen molar-refractivity contribution in [1.29, 1.82) is 0 Å². The number of alkyl halides is 3. The number of rotatable bonds is 4. The number of aromatic nitrogens is 1. The molecule has 36 heavy (non-hydrogen) atoms. The zero-order chi connectivity index (χ0) is 25.7. The molecule has 2 aromatic rings. The number of carbonyl (C=O) groups excluding carboxylic acids is 1. The van der Waals surface area contributed by atoms with Crippen LogP contribution in [0.2, 0.25) is 5.02 Å². The summed E-state index contributed by atoms with van der Waals surface area (Å²) in [6.07, 6.45) is -2.53. The van der Waals surface area contributed by atoms with Gasteiger partial charge in [0.2, 0.25) is 0 Å². The summed E-state index contributed by atoms with van der Waals surface area (Å²) in [5.41, 5.74) is 4.92. The number of hydrogen-bond acceptors (Lipinski definition) is 8. The predicted molar refractivity (Wildman–Crippen MR) is 122 cm³/mol. The first kappa shape index (κ1) is 24.4. The average molecular weight is 527 g/mol. The quantitative estimate of drug-likeness (QED) is 0.624. The third-order valence-corrected chi connectivity index (χ3v) is 6.71. The highest BCUT2D eigenvalue weighted by molar-refractivity contribution is 6.31. The summed E-state index contributed by atoms with van der Waals surface area (Å²) < 4.78 is 62.4. The Morgan fingerprint density at radius 3 is 2.89 bits per heavy atom. The number of hydrogen-bond donors (Lipinski definition) is 2. The molecule has 0 radical (unpaired) electrons. The van der Waals surface area contributed by atoms with E-state index >= 15 is 0 Å². The van der Waals surface area contributed by atoms with E-state index in [0.717, 1.165) is 6.20 Å². The van der Waals surface area contributed by atoms with Crippen molar-refractivity contribution in [3.8, 4) is 11.5 Å². The molecule has 4 heterocycles. The molecule has 1 aromatic heterocycles. The molecule has 3 aliphatic heterocycles. The monoisotopic (exact) mass is 526 g/mol. The predicted octanol–water partition coefficient (Wildman–Crippen LogP) is 3.65. The molecule has 5 rings (SSSR count). The maximum atomic E-state index is 14.8. The number of aliphatic imine (C=N–C) groups is 1. The molecule has 192 valence electrons. The normalized spacial score (nSPS) is 28.4. The van der Waals surface area contributed by atoms with Crippen molar-refractivity contribution in [3.63, 3.8) is 0 Å². The van der Waals surface area contributed by atoms with Crippen LogP contribution in [0.15, 0.2) is 35.5 Å². The lowest BCUT2D eigenvalue weighted by Crippen LogP contribution is -2.55. The number of ether oxygens (including phenoxy) is 4. The van der Waals surface area contributed by atoms with Crippen LogP contribution in [0.3, 0.4) is 0 Å². The summed E-state index contributed by atoms with van der Waals surface area (Å²) in [4.78, 5) is 21.1. The summed E-state index contributed by atoms with van der Waals surface area (Å²) in [5.74, 6) is -1.50. The highest BCUT2D eigenvalue weighted by atomic mass is 35.5. The number of carbonyl (C=O) groups is 1. The van der Waals surface area contributed by atoms with Crippen LogP contribution in [-0.2, 0) is 15.0 Å². The average Bonchev–Trinajstić information content (AvgIpc) is 2.83. The van der Waals surface area contributed by atoms with Crippen LogP contribution in [0.4, 0.5) is 18.9 Å². The largest absolute Gasteiger partial charge is 0.479 e. The molecule has 0 unspecified atom stereocenters. The number of benzene rings is 1. The van der Waals surface area contributed by atoms with Gasteiger partial charge in [-0.15, -0.1) is 0 Å². The Balaban J connectivity index is 1.44. The van der Waals surface area contributed by atoms with E-state index in [1.54, 1.807) is 0 Å². The smallest absolute Gasteiger partial charge is 0.433 e. The van der Waals surface area contributed by atoms with E-state index in [1.165, 1.54) is 24.3 Å². The van der Waals surface area contributed by atoms with Gasteiger partial charge >= 0.3 is 6.11 Å². The first-order valence-corrected chi connectivity index (χ1v) is 11.5. The van der Waals surface area contributed by atoms with Gasteiger partial charge in [-0.05, 0) is 25.1 Å². The van der Waals surface area contributed by atoms with Gasteiger partial charge in [0, 0.05) is 28.8 Å². The number of amidine groups is 1. The van der Waals surface area contributed by atoms with Gasteiger partial charge in [-0.3, -0.25) is 4.79 Å². The van der Waals surface area contributed by atoms with Gasteiger partial charge in [0.1, 0.15) is 24.0 Å². The summed E-state index contributed by atoms with van der Waals surface area (Å²) in [5, 5.41) is 2.87. The lowest BCUT2D eigenvalue weighted by atomic mass is 9.73. The molecule has 13 heteroatoms. The lowest BCUT2D eigenvalue weighted by molar-refractivity contribution is -0.209. The lowest BCUT2D eigenvalue weighted by Gasteiger charge is -2.47. The van der Waals surface area contributed by atoms with Crippen LogP contribution in [-0.4, -0.2) is 55.1 Å². The summed E-state index contributed by atoms with van der Waals surface area (Å²) in [6, 6.07) is 5.58. The van der Waals surface area contributed by atoms with Crippen LogP contribution in [0.5, 0.6) is 11.5 Å². The summed E-state index contributed by atoms with van der Waals surface area (Å²) >= 11 is 6.49. The molecule has 1 fully saturated rings. The Morgan fingerprint density at radius 2 is 2.11 bits per heavy atom. The van der Waals surface area contributed by atoms with Gasteiger partial charge in [0.15, 0.2) is 18.1 Å². The van der Waals surface area contributed by atoms with Crippen molar-refractivity contribution in [1.82, 2.24) is 4.98 Å². The Morgan fingerprint density at radius 1 is 1.31 bits per heavy atom. The zero-order valence-corrected chi connectivity index (χ0v) is 19.7. The standard InChI is InChI=1S/C23H22ClF3N4O5/c1-11-4-17-14(8-33-11)22(9-25,31-21(28)35-17)13-5-12(2-3-15(13)24)30-20(32)16-6-18-19(7-29-16)36-23(26,27)10-34-18/h2-3,5-7,11,14,17H,4,8-10H2,1H3,(H2,28,31)(H,30,32)/t11-,14+,17-,22-/m1/s1. The molecule has 9 nitrogen and oxygen atoms in total. The summed E-state index contributed by atoms with van der Waals surface area (Å²) in [7, 11) is 0. The first-order valence-electron chi connectivity index (χ1n) is 11.1. The topological polar surface area (TPSA) is 117 Å². The maximum Gasteiger partial charge on any atom is 0.433 e. The van der Waals surface area contributed by atoms with Crippen molar-refractivity contribution in [2.24, 2.45) is 16.6 Å². The number of nitrogens with zero attached hydrogens (tertiary/aromatic N) is 2. The minimum absolute atomic E-state index is 0.0427. The van der Waals surface area contributed by atoms with E-state index in [1.807, 2.05) is 6.92 Å². The fourth-order valence-corrected chi connectivity index (χ4v) is 4.93. The molecule has 4 atom stereocenters. The molecule has 1 aromatic carbocycles. The molecular weight excluding hydrogens is 505 g/mol. The molecule has 0 saturated carbocycles. The molecule has 1 amide bonds. The van der Waals surface area contributed by atoms with Gasteiger partial charge in [0.25, 0.3) is 11.9 Å². The Kier molecular flexibility index (Phi) is 6.11. The Hall–Kier alpha value is -3.25. The molecule has 3 N–H and O–H groups in total. The van der Waals surface area contributed by atoms with Gasteiger partial charge in [-0.25, -0.2) is 14.4 Å². The maximum absolute atomic E-state index is 14.8. The van der Waals surface area contributed by atoms with Gasteiger partial charge in [0.05, 0.1) is 24.8 Å². The molecular formula is C23H22ClF3N4O5. The number of nitrogens with two attached hydrogens (primary N) is 1. The SMILES string of the molecule is C[C@@H]1C[C@H]2OC(N)=N[C@](CF)(c3cc(NC(=O)c4cc5c(cn4)OC(F)(F)CO5)ccc3Cl)[C@H]2CO1. The summed E-state index contributed by atoms with van der Waals surface area (Å²) in [6.45, 7) is 0.148. The second-order valence-corrected chi connectivity index (χ2v) is 9.25. The second kappa shape index (κ2) is 9.00. The molecule has 0 bridgehead atoms. The molecule has 0 aliphatic carbocycles. The van der Waals surface area contributed by atoms with Crippen molar-refractivity contribution in [2.75, 3.05) is 25.2 Å². The third kappa shape index (κ3) is 4.39. The fraction of sp³-hybridized carbons (Fsp3) is 0.435. The van der Waals surface area contributed by atoms with Crippen LogP contribution in [0.1, 0.15) is 29.4 Å². The van der Waals surface area contributed by atoms with E-state index < -0.39 is 42.9 Å². The number of nitrogens with one attached hydrogen (secondary N) is 1. The van der Waals surface area contributed by atoms with Crippen LogP contribution in [0.25, 0.3) is 0 Å². The fourth-order valence-electron chi connectivity index (χ4n) is 4.65. The first-order chi connectivity index (χ1) is 17.1. The zero-order valence-electron chi connectivity index (χ0n) is 19.0. The van der Waals surface area contributed by atoms with Gasteiger partial charge < -0.3 is 30.0 Å². The van der Waals surface area contributed by atoms with Crippen molar-refractivity contribution in [3.05, 3.63) is 46.7 Å². The number of pyridine rings is 1. The second-order valence-electron chi connectivity index (χ2n) is 8.84. The highest BCUT2D eigenvalue weighted by Gasteiger charge is 2.52. The number of fused-ring (bicyclic) bond motifs is 2. The van der Waals surface area contributed by atoms with E-state index in [2.05, 4.69) is 20.0 Å². The number of anilines is 1. The number of amides is 1. The minimum atomic E-state index is -3.49. The van der Waals surface area contributed by atoms with Crippen LogP contribution < -0.4 is 20.5 Å². The van der Waals surface area contributed by atoms with Crippen LogP contribution >= 0.6 is 11.6 Å². The van der Waals surface area contributed by atoms with E-state index in [0.29, 0.717) is 12.0 Å². The van der Waals surface area contributed by atoms with Crippen molar-refractivity contribution in [2.45, 2.75) is 37.2 Å². The third-order valence-electron chi connectivity index (χ3n) is 6.38.